The van der Waals surface area contributed by atoms with Crippen molar-refractivity contribution in [2.75, 3.05) is 24.4 Å². The Bertz CT molecular complexity index is 1770. The van der Waals surface area contributed by atoms with Crippen molar-refractivity contribution in [2.45, 2.75) is 26.5 Å². The molecule has 218 valence electrons. The van der Waals surface area contributed by atoms with Gasteiger partial charge < -0.3 is 24.8 Å². The fourth-order valence-electron chi connectivity index (χ4n) is 5.02. The van der Waals surface area contributed by atoms with Crippen LogP contribution in [-0.4, -0.2) is 34.4 Å². The molecular weight excluding hydrogens is 562 g/mol. The molecule has 0 saturated carbocycles. The van der Waals surface area contributed by atoms with Crippen LogP contribution >= 0.6 is 11.3 Å². The van der Waals surface area contributed by atoms with E-state index in [2.05, 4.69) is 10.6 Å². The number of hydrogen-bond donors (Lipinski definition) is 2. The number of ether oxygens (including phenoxy) is 3. The van der Waals surface area contributed by atoms with E-state index in [-0.39, 0.29) is 5.91 Å². The lowest BCUT2D eigenvalue weighted by molar-refractivity contribution is -0.113. The number of aromatic nitrogens is 3. The van der Waals surface area contributed by atoms with E-state index in [0.717, 1.165) is 16.0 Å². The molecule has 5 aromatic rings. The van der Waals surface area contributed by atoms with Crippen LogP contribution in [0.1, 0.15) is 31.0 Å². The topological polar surface area (TPSA) is 99.5 Å². The lowest BCUT2D eigenvalue weighted by Gasteiger charge is -2.29. The van der Waals surface area contributed by atoms with Crippen LogP contribution in [0.25, 0.3) is 10.7 Å². The standard InChI is InChI=1S/C33H31N5O4S/c1-4-41-27-19-23(16-17-26(27)42-20-22-11-6-5-7-12-22)30-29(32(39)35-24-13-8-9-14-25(24)40-3)21(2)34-33-36-31(37-38(30)33)28-15-10-18-43-28/h5-19,30H,4,20H2,1-3H3,(H,35,39)(H,34,36,37). The molecule has 0 spiro atoms. The predicted molar refractivity (Wildman–Crippen MR) is 168 cm³/mol. The maximum Gasteiger partial charge on any atom is 0.255 e. The molecule has 1 unspecified atom stereocenters. The molecular formula is C33H31N5O4S. The minimum absolute atomic E-state index is 0.291. The first-order valence-corrected chi connectivity index (χ1v) is 14.8. The number of amides is 1. The molecule has 0 bridgehead atoms. The number of hydrogen-bond acceptors (Lipinski definition) is 8. The maximum absolute atomic E-state index is 14.0. The molecule has 1 atom stereocenters. The van der Waals surface area contributed by atoms with Gasteiger partial charge in [-0.15, -0.1) is 16.4 Å². The molecule has 1 aliphatic rings. The van der Waals surface area contributed by atoms with E-state index in [0.29, 0.717) is 59.2 Å². The highest BCUT2D eigenvalue weighted by atomic mass is 32.1. The number of rotatable bonds is 10. The van der Waals surface area contributed by atoms with Gasteiger partial charge in [0, 0.05) is 5.70 Å². The van der Waals surface area contributed by atoms with Gasteiger partial charge in [-0.25, -0.2) is 4.68 Å². The van der Waals surface area contributed by atoms with Crippen LogP contribution in [0, 0.1) is 0 Å². The third-order valence-corrected chi connectivity index (χ3v) is 7.88. The van der Waals surface area contributed by atoms with Gasteiger partial charge in [0.25, 0.3) is 5.91 Å². The Morgan fingerprint density at radius 3 is 2.56 bits per heavy atom. The maximum atomic E-state index is 14.0. The van der Waals surface area contributed by atoms with Crippen molar-refractivity contribution in [3.8, 4) is 28.0 Å². The highest BCUT2D eigenvalue weighted by Gasteiger charge is 2.35. The lowest BCUT2D eigenvalue weighted by Crippen LogP contribution is -2.31. The molecule has 9 nitrogen and oxygen atoms in total. The van der Waals surface area contributed by atoms with Crippen molar-refractivity contribution in [1.82, 2.24) is 14.8 Å². The Hall–Kier alpha value is -5.09. The Kier molecular flexibility index (Phi) is 8.10. The molecule has 1 aliphatic heterocycles. The zero-order chi connectivity index (χ0) is 29.8. The van der Waals surface area contributed by atoms with Gasteiger partial charge in [0.05, 0.1) is 29.9 Å². The average molecular weight is 594 g/mol. The minimum Gasteiger partial charge on any atom is -0.495 e. The monoisotopic (exact) mass is 593 g/mol. The van der Waals surface area contributed by atoms with Crippen molar-refractivity contribution in [2.24, 2.45) is 0 Å². The molecule has 6 rings (SSSR count). The summed E-state index contributed by atoms with van der Waals surface area (Å²) in [6.07, 6.45) is 0. The van der Waals surface area contributed by atoms with E-state index in [4.69, 9.17) is 24.3 Å². The molecule has 3 aromatic carbocycles. The summed E-state index contributed by atoms with van der Waals surface area (Å²) < 4.78 is 19.4. The Labute approximate surface area is 253 Å². The van der Waals surface area contributed by atoms with Gasteiger partial charge in [-0.2, -0.15) is 4.98 Å². The van der Waals surface area contributed by atoms with Crippen molar-refractivity contribution >= 4 is 28.9 Å². The summed E-state index contributed by atoms with van der Waals surface area (Å²) in [5.74, 6) is 2.59. The van der Waals surface area contributed by atoms with Crippen LogP contribution in [0.15, 0.2) is 102 Å². The van der Waals surface area contributed by atoms with Crippen molar-refractivity contribution < 1.29 is 19.0 Å². The number of thiophene rings is 1. The molecule has 0 aliphatic carbocycles. The summed E-state index contributed by atoms with van der Waals surface area (Å²) in [7, 11) is 1.57. The van der Waals surface area contributed by atoms with Gasteiger partial charge >= 0.3 is 0 Å². The number of anilines is 2. The number of carbonyl (C=O) groups excluding carboxylic acids is 1. The van der Waals surface area contributed by atoms with Gasteiger partial charge in [0.15, 0.2) is 17.3 Å². The highest BCUT2D eigenvalue weighted by molar-refractivity contribution is 7.13. The molecule has 1 amide bonds. The zero-order valence-corrected chi connectivity index (χ0v) is 24.9. The summed E-state index contributed by atoms with van der Waals surface area (Å²) >= 11 is 1.56. The van der Waals surface area contributed by atoms with E-state index in [1.165, 1.54) is 0 Å². The number of fused-ring (bicyclic) bond motifs is 1. The SMILES string of the molecule is CCOc1cc(C2C(C(=O)Nc3ccccc3OC)=C(C)Nc3nc(-c4cccs4)nn32)ccc1OCc1ccccc1. The third-order valence-electron chi connectivity index (χ3n) is 7.01. The molecule has 0 fully saturated rings. The third kappa shape index (κ3) is 5.82. The van der Waals surface area contributed by atoms with Crippen LogP contribution in [-0.2, 0) is 11.4 Å². The fourth-order valence-corrected chi connectivity index (χ4v) is 5.67. The number of allylic oxidation sites excluding steroid dienone is 1. The minimum atomic E-state index is -0.602. The second-order valence-corrected chi connectivity index (χ2v) is 10.8. The van der Waals surface area contributed by atoms with Gasteiger partial charge in [0.1, 0.15) is 18.4 Å². The normalized spacial score (nSPS) is 14.1. The second kappa shape index (κ2) is 12.4. The van der Waals surface area contributed by atoms with Gasteiger partial charge in [0.2, 0.25) is 5.95 Å². The van der Waals surface area contributed by atoms with E-state index in [9.17, 15) is 4.79 Å². The number of benzene rings is 3. The van der Waals surface area contributed by atoms with Crippen LogP contribution in [0.5, 0.6) is 17.2 Å². The highest BCUT2D eigenvalue weighted by Crippen LogP contribution is 2.41. The summed E-state index contributed by atoms with van der Waals surface area (Å²) in [6.45, 7) is 4.65. The molecule has 0 radical (unpaired) electrons. The first-order valence-electron chi connectivity index (χ1n) is 13.9. The number of nitrogens with one attached hydrogen (secondary N) is 2. The second-order valence-electron chi connectivity index (χ2n) is 9.81. The smallest absolute Gasteiger partial charge is 0.255 e. The summed E-state index contributed by atoms with van der Waals surface area (Å²) in [5, 5.41) is 13.2. The van der Waals surface area contributed by atoms with Gasteiger partial charge in [-0.3, -0.25) is 4.79 Å². The van der Waals surface area contributed by atoms with Crippen molar-refractivity contribution in [3.63, 3.8) is 0 Å². The molecule has 10 heteroatoms. The van der Waals surface area contributed by atoms with Gasteiger partial charge in [-0.1, -0.05) is 54.6 Å². The van der Waals surface area contributed by atoms with Crippen LogP contribution in [0.4, 0.5) is 11.6 Å². The summed E-state index contributed by atoms with van der Waals surface area (Å²) in [5.41, 5.74) is 3.57. The van der Waals surface area contributed by atoms with E-state index >= 15 is 0 Å². The van der Waals surface area contributed by atoms with Crippen LogP contribution in [0.2, 0.25) is 0 Å². The van der Waals surface area contributed by atoms with E-state index in [1.807, 2.05) is 92.0 Å². The number of para-hydroxylation sites is 2. The number of carbonyl (C=O) groups is 1. The molecule has 43 heavy (non-hydrogen) atoms. The van der Waals surface area contributed by atoms with Crippen molar-refractivity contribution in [1.29, 1.82) is 0 Å². The lowest BCUT2D eigenvalue weighted by atomic mass is 9.94. The first-order chi connectivity index (χ1) is 21.1. The van der Waals surface area contributed by atoms with Crippen LogP contribution < -0.4 is 24.8 Å². The fraction of sp³-hybridized carbons (Fsp3) is 0.182. The first kappa shape index (κ1) is 28.0. The summed E-state index contributed by atoms with van der Waals surface area (Å²) in [4.78, 5) is 19.7. The quantitative estimate of drug-likeness (QED) is 0.181. The van der Waals surface area contributed by atoms with E-state index < -0.39 is 6.04 Å². The summed E-state index contributed by atoms with van der Waals surface area (Å²) in [6, 6.07) is 26.4. The van der Waals surface area contributed by atoms with Crippen molar-refractivity contribution in [3.05, 3.63) is 113 Å². The number of methoxy groups -OCH3 is 1. The van der Waals surface area contributed by atoms with Gasteiger partial charge in [-0.05, 0) is 60.7 Å². The Morgan fingerprint density at radius 2 is 1.79 bits per heavy atom. The van der Waals surface area contributed by atoms with Crippen LogP contribution in [0.3, 0.4) is 0 Å². The molecule has 0 saturated heterocycles. The Balaban J connectivity index is 1.41. The van der Waals surface area contributed by atoms with E-state index in [1.54, 1.807) is 35.3 Å². The number of nitrogens with zero attached hydrogens (tertiary/aromatic N) is 3. The zero-order valence-electron chi connectivity index (χ0n) is 24.0. The molecule has 2 N–H and O–H groups in total. The average Bonchev–Trinajstić information content (AvgIpc) is 3.71. The largest absolute Gasteiger partial charge is 0.495 e. The predicted octanol–water partition coefficient (Wildman–Crippen LogP) is 6.92. The molecule has 2 aromatic heterocycles. The Morgan fingerprint density at radius 1 is 0.977 bits per heavy atom. The molecule has 3 heterocycles.